The lowest BCUT2D eigenvalue weighted by atomic mass is 9.85. The highest BCUT2D eigenvalue weighted by molar-refractivity contribution is 6.11. The molecule has 0 aliphatic heterocycles. The van der Waals surface area contributed by atoms with E-state index < -0.39 is 5.97 Å². The summed E-state index contributed by atoms with van der Waals surface area (Å²) in [4.78, 5) is 31.5. The number of pyridine rings is 4. The summed E-state index contributed by atoms with van der Waals surface area (Å²) in [5.74, 6) is -1.03. The molecule has 0 aliphatic carbocycles. The van der Waals surface area contributed by atoms with Gasteiger partial charge >= 0.3 is 5.97 Å². The maximum atomic E-state index is 11.9. The smallest absolute Gasteiger partial charge is 0.335 e. The van der Waals surface area contributed by atoms with Crippen molar-refractivity contribution in [2.24, 2.45) is 0 Å². The van der Waals surface area contributed by atoms with E-state index in [1.54, 1.807) is 0 Å². The van der Waals surface area contributed by atoms with Gasteiger partial charge in [-0.2, -0.15) is 0 Å². The molecule has 8 nitrogen and oxygen atoms in total. The maximum absolute atomic E-state index is 11.9. The third kappa shape index (κ3) is 11.2. The van der Waals surface area contributed by atoms with E-state index in [1.165, 1.54) is 84.2 Å². The molecule has 12 aromatic rings. The highest BCUT2D eigenvalue weighted by atomic mass is 16.4. The van der Waals surface area contributed by atoms with Crippen molar-refractivity contribution in [3.63, 3.8) is 0 Å². The minimum Gasteiger partial charge on any atom is -0.478 e. The Morgan fingerprint density at radius 2 is 0.694 bits per heavy atom. The number of aromatic carboxylic acids is 1. The maximum Gasteiger partial charge on any atom is 0.335 e. The quantitative estimate of drug-likeness (QED) is 0.146. The van der Waals surface area contributed by atoms with Gasteiger partial charge < -0.3 is 14.2 Å². The van der Waals surface area contributed by atoms with Crippen molar-refractivity contribution in [2.45, 2.75) is 105 Å². The number of carboxylic acid groups (broad SMARTS) is 1. The molecule has 422 valence electrons. The predicted octanol–water partition coefficient (Wildman–Crippen LogP) is 19.7. The Morgan fingerprint density at radius 1 is 0.353 bits per heavy atom. The molecule has 0 fully saturated rings. The van der Waals surface area contributed by atoms with E-state index in [0.29, 0.717) is 34.2 Å². The fourth-order valence-corrected chi connectivity index (χ4v) is 11.3. The molecule has 0 atom stereocenters. The summed E-state index contributed by atoms with van der Waals surface area (Å²) in [7, 11) is 0. The molecule has 0 saturated heterocycles. The molecule has 6 heterocycles. The number of carboxylic acids is 1. The second-order valence-corrected chi connectivity index (χ2v) is 26.7. The average molecular weight is 1110 g/mol. The molecule has 0 amide bonds. The molecule has 0 aliphatic rings. The third-order valence-electron chi connectivity index (χ3n) is 16.4. The van der Waals surface area contributed by atoms with Crippen LogP contribution in [-0.2, 0) is 21.7 Å². The van der Waals surface area contributed by atoms with Gasteiger partial charge in [-0.1, -0.05) is 162 Å². The largest absolute Gasteiger partial charge is 0.478 e. The molecular weight excluding hydrogens is 1040 g/mol. The molecule has 0 unspecified atom stereocenters. The molecule has 85 heavy (non-hydrogen) atoms. The Bertz CT molecular complexity index is 4500. The Balaban J connectivity index is 0.875. The number of nitrogens with zero attached hydrogens (tertiary/aromatic N) is 6. The van der Waals surface area contributed by atoms with Gasteiger partial charge in [0.2, 0.25) is 0 Å². The van der Waals surface area contributed by atoms with Crippen LogP contribution >= 0.6 is 0 Å². The summed E-state index contributed by atoms with van der Waals surface area (Å²) >= 11 is 0. The standard InChI is InChI=1S/C77H72N6O2/c1-74(2,3)53-24-32-69-59(44-53)60-45-54(75(4,5)6)25-33-70(60)82(69)57-28-20-48(21-29-57)16-18-50-36-38-78-65(40-50)68-42-51(41-67(81-68)64-15-13-14-63(80-64)66-43-52(73(84)85)37-39-79-66)19-17-49-22-30-58(31-23-49)83-71-34-26-55(76(7,8)9)46-61(71)62-47-56(77(10,11)12)27-35-72(62)83/h13-47H,1-12H3,(H,84,85)/b18-16+,19-17+. The van der Waals surface area contributed by atoms with Gasteiger partial charge in [-0.15, -0.1) is 0 Å². The normalized spacial score (nSPS) is 12.7. The second kappa shape index (κ2) is 21.3. The van der Waals surface area contributed by atoms with Crippen molar-refractivity contribution in [1.82, 2.24) is 29.1 Å². The van der Waals surface area contributed by atoms with Crippen LogP contribution in [0, 0.1) is 0 Å². The minimum absolute atomic E-state index is 0.0163. The third-order valence-corrected chi connectivity index (χ3v) is 16.4. The van der Waals surface area contributed by atoms with E-state index in [0.717, 1.165) is 33.6 Å². The first kappa shape index (κ1) is 56.0. The number of carbonyl (C=O) groups is 1. The molecule has 0 saturated carbocycles. The van der Waals surface area contributed by atoms with Crippen molar-refractivity contribution in [3.8, 4) is 45.5 Å². The van der Waals surface area contributed by atoms with Gasteiger partial charge in [0.25, 0.3) is 0 Å². The minimum atomic E-state index is -1.03. The molecule has 12 rings (SSSR count). The summed E-state index contributed by atoms with van der Waals surface area (Å²) in [6.45, 7) is 27.3. The molecule has 0 spiro atoms. The molecule has 8 heteroatoms. The van der Waals surface area contributed by atoms with Gasteiger partial charge in [0.05, 0.1) is 61.8 Å². The molecule has 6 aromatic carbocycles. The van der Waals surface area contributed by atoms with Crippen LogP contribution in [0.3, 0.4) is 0 Å². The van der Waals surface area contributed by atoms with E-state index in [9.17, 15) is 9.90 Å². The summed E-state index contributed by atoms with van der Waals surface area (Å²) in [5, 5.41) is 14.8. The lowest BCUT2D eigenvalue weighted by Gasteiger charge is -2.19. The zero-order valence-electron chi connectivity index (χ0n) is 50.7. The summed E-state index contributed by atoms with van der Waals surface area (Å²) in [6.07, 6.45) is 11.8. The zero-order chi connectivity index (χ0) is 59.7. The first-order valence-electron chi connectivity index (χ1n) is 29.3. The predicted molar refractivity (Wildman–Crippen MR) is 355 cm³/mol. The highest BCUT2D eigenvalue weighted by Gasteiger charge is 2.24. The van der Waals surface area contributed by atoms with Crippen molar-refractivity contribution >= 4 is 73.9 Å². The number of benzene rings is 6. The second-order valence-electron chi connectivity index (χ2n) is 26.7. The van der Waals surface area contributed by atoms with Gasteiger partial charge in [0.15, 0.2) is 0 Å². The monoisotopic (exact) mass is 1110 g/mol. The number of fused-ring (bicyclic) bond motifs is 6. The zero-order valence-corrected chi connectivity index (χ0v) is 50.7. The summed E-state index contributed by atoms with van der Waals surface area (Å²) < 4.78 is 4.78. The van der Waals surface area contributed by atoms with Gasteiger partial charge in [-0.05, 0) is 187 Å². The van der Waals surface area contributed by atoms with Crippen LogP contribution in [0.5, 0.6) is 0 Å². The number of hydrogen-bond donors (Lipinski definition) is 1. The SMILES string of the molecule is CC(C)(C)c1ccc2c(c1)c1cc(C(C)(C)C)ccc1n2-c1ccc(/C=C/c2ccnc(-c3cc(/C=C/c4ccc(-n5c6ccc(C(C)(C)C)cc6c6cc(C(C)(C)C)ccc65)cc4)cc(-c4cccc(-c5cc(C(=O)O)ccn5)n4)n3)c2)cc1. The number of aromatic nitrogens is 6. The van der Waals surface area contributed by atoms with Gasteiger partial charge in [0.1, 0.15) is 0 Å². The average Bonchev–Trinajstić information content (AvgIpc) is 1.72. The lowest BCUT2D eigenvalue weighted by Crippen LogP contribution is -2.10. The van der Waals surface area contributed by atoms with Crippen molar-refractivity contribution in [2.75, 3.05) is 0 Å². The van der Waals surface area contributed by atoms with Gasteiger partial charge in [-0.25, -0.2) is 14.8 Å². The fraction of sp³-hybridized carbons (Fsp3) is 0.208. The number of hydrogen-bond acceptors (Lipinski definition) is 5. The Labute approximate surface area is 499 Å². The Kier molecular flexibility index (Phi) is 14.0. The van der Waals surface area contributed by atoms with Crippen molar-refractivity contribution in [1.29, 1.82) is 0 Å². The van der Waals surface area contributed by atoms with Gasteiger partial charge in [0, 0.05) is 45.3 Å². The van der Waals surface area contributed by atoms with E-state index in [2.05, 4.69) is 255 Å². The van der Waals surface area contributed by atoms with Crippen LogP contribution < -0.4 is 0 Å². The van der Waals surface area contributed by atoms with E-state index in [4.69, 9.17) is 15.0 Å². The molecule has 0 radical (unpaired) electrons. The van der Waals surface area contributed by atoms with Crippen LogP contribution in [-0.4, -0.2) is 40.1 Å². The van der Waals surface area contributed by atoms with Gasteiger partial charge in [-0.3, -0.25) is 9.97 Å². The molecule has 6 aromatic heterocycles. The topological polar surface area (TPSA) is 98.7 Å². The van der Waals surface area contributed by atoms with E-state index in [1.807, 2.05) is 36.5 Å². The van der Waals surface area contributed by atoms with Crippen molar-refractivity contribution < 1.29 is 9.90 Å². The first-order chi connectivity index (χ1) is 40.4. The van der Waals surface area contributed by atoms with E-state index >= 15 is 0 Å². The summed E-state index contributed by atoms with van der Waals surface area (Å²) in [5.41, 5.74) is 20.1. The Morgan fingerprint density at radius 3 is 1.11 bits per heavy atom. The van der Waals surface area contributed by atoms with Crippen LogP contribution in [0.25, 0.3) is 113 Å². The van der Waals surface area contributed by atoms with Crippen LogP contribution in [0.1, 0.15) is 138 Å². The first-order valence-corrected chi connectivity index (χ1v) is 29.3. The lowest BCUT2D eigenvalue weighted by molar-refractivity contribution is 0.0696. The molecular formula is C77H72N6O2. The van der Waals surface area contributed by atoms with Crippen LogP contribution in [0.4, 0.5) is 0 Å². The highest BCUT2D eigenvalue weighted by Crippen LogP contribution is 2.40. The molecule has 0 bridgehead atoms. The van der Waals surface area contributed by atoms with E-state index in [-0.39, 0.29) is 27.2 Å². The fourth-order valence-electron chi connectivity index (χ4n) is 11.3. The summed E-state index contributed by atoms with van der Waals surface area (Å²) in [6, 6.07) is 62.1. The Hall–Kier alpha value is -9.53. The number of rotatable bonds is 10. The molecule has 1 N–H and O–H groups in total. The van der Waals surface area contributed by atoms with Crippen LogP contribution in [0.2, 0.25) is 0 Å². The van der Waals surface area contributed by atoms with Crippen molar-refractivity contribution in [3.05, 3.63) is 238 Å². The van der Waals surface area contributed by atoms with Crippen LogP contribution in [0.15, 0.2) is 188 Å².